The zero-order valence-electron chi connectivity index (χ0n) is 16.9. The highest BCUT2D eigenvalue weighted by Crippen LogP contribution is 2.30. The highest BCUT2D eigenvalue weighted by atomic mass is 32.2. The third kappa shape index (κ3) is 5.83. The van der Waals surface area contributed by atoms with E-state index in [0.717, 1.165) is 19.3 Å². The van der Waals surface area contributed by atoms with Gasteiger partial charge in [-0.05, 0) is 18.6 Å². The summed E-state index contributed by atoms with van der Waals surface area (Å²) in [7, 11) is -0.644. The van der Waals surface area contributed by atoms with Crippen molar-refractivity contribution in [3.05, 3.63) is 18.2 Å². The van der Waals surface area contributed by atoms with Crippen LogP contribution in [0.4, 0.5) is 0 Å². The third-order valence-electron chi connectivity index (χ3n) is 4.79. The van der Waals surface area contributed by atoms with E-state index in [-0.39, 0.29) is 10.8 Å². The topological polar surface area (TPSA) is 88.2 Å². The Morgan fingerprint density at radius 1 is 1.07 bits per heavy atom. The van der Waals surface area contributed by atoms with Crippen LogP contribution in [-0.4, -0.2) is 77.0 Å². The highest BCUT2D eigenvalue weighted by molar-refractivity contribution is 7.89. The molecular weight excluding hydrogens is 382 g/mol. The van der Waals surface area contributed by atoms with Crippen molar-refractivity contribution in [2.24, 2.45) is 0 Å². The lowest BCUT2D eigenvalue weighted by Crippen LogP contribution is -2.51. The molecule has 0 spiro atoms. The van der Waals surface area contributed by atoms with Crippen molar-refractivity contribution in [2.75, 3.05) is 53.5 Å². The van der Waals surface area contributed by atoms with Gasteiger partial charge in [-0.3, -0.25) is 9.69 Å². The van der Waals surface area contributed by atoms with Crippen molar-refractivity contribution in [3.63, 3.8) is 0 Å². The predicted molar refractivity (Wildman–Crippen MR) is 107 cm³/mol. The normalized spacial score (nSPS) is 16.0. The van der Waals surface area contributed by atoms with Gasteiger partial charge in [0.25, 0.3) is 0 Å². The number of unbranched alkanes of at least 4 members (excludes halogenated alkanes) is 2. The first kappa shape index (κ1) is 22.4. The number of sulfonamides is 1. The van der Waals surface area contributed by atoms with Gasteiger partial charge < -0.3 is 14.8 Å². The molecule has 28 heavy (non-hydrogen) atoms. The Hall–Kier alpha value is -1.84. The number of amides is 1. The number of carbonyl (C=O) groups is 1. The molecule has 0 aromatic heterocycles. The van der Waals surface area contributed by atoms with Gasteiger partial charge in [-0.2, -0.15) is 4.31 Å². The van der Waals surface area contributed by atoms with Gasteiger partial charge in [0.2, 0.25) is 15.9 Å². The summed E-state index contributed by atoms with van der Waals surface area (Å²) in [5, 5.41) is 2.92. The number of methoxy groups -OCH3 is 2. The van der Waals surface area contributed by atoms with E-state index in [2.05, 4.69) is 12.2 Å². The van der Waals surface area contributed by atoms with Crippen molar-refractivity contribution >= 4 is 15.9 Å². The summed E-state index contributed by atoms with van der Waals surface area (Å²) < 4.78 is 37.7. The lowest BCUT2D eigenvalue weighted by atomic mass is 10.2. The van der Waals surface area contributed by atoms with Crippen LogP contribution in [0.3, 0.4) is 0 Å². The summed E-state index contributed by atoms with van der Waals surface area (Å²) in [6.45, 7) is 4.86. The van der Waals surface area contributed by atoms with E-state index in [0.29, 0.717) is 50.8 Å². The molecular formula is C19H31N3O5S. The van der Waals surface area contributed by atoms with E-state index < -0.39 is 10.0 Å². The van der Waals surface area contributed by atoms with Gasteiger partial charge >= 0.3 is 0 Å². The number of rotatable bonds is 10. The molecule has 1 aromatic carbocycles. The van der Waals surface area contributed by atoms with Crippen LogP contribution in [0.25, 0.3) is 0 Å². The van der Waals surface area contributed by atoms with Crippen LogP contribution >= 0.6 is 0 Å². The van der Waals surface area contributed by atoms with E-state index in [9.17, 15) is 13.2 Å². The number of ether oxygens (including phenoxy) is 2. The molecule has 158 valence electrons. The Balaban J connectivity index is 1.90. The van der Waals surface area contributed by atoms with Crippen molar-refractivity contribution < 1.29 is 22.7 Å². The fourth-order valence-corrected chi connectivity index (χ4v) is 4.55. The van der Waals surface area contributed by atoms with E-state index in [1.807, 2.05) is 4.90 Å². The van der Waals surface area contributed by atoms with Gasteiger partial charge in [0.15, 0.2) is 11.5 Å². The third-order valence-corrected chi connectivity index (χ3v) is 6.69. The number of hydrogen-bond donors (Lipinski definition) is 1. The minimum Gasteiger partial charge on any atom is -0.493 e. The number of nitrogens with zero attached hydrogens (tertiary/aromatic N) is 2. The summed E-state index contributed by atoms with van der Waals surface area (Å²) in [6, 6.07) is 4.59. The average Bonchev–Trinajstić information content (AvgIpc) is 2.71. The summed E-state index contributed by atoms with van der Waals surface area (Å²) in [6.07, 6.45) is 3.21. The van der Waals surface area contributed by atoms with Gasteiger partial charge in [-0.25, -0.2) is 8.42 Å². The van der Waals surface area contributed by atoms with Crippen molar-refractivity contribution in [1.82, 2.24) is 14.5 Å². The molecule has 1 N–H and O–H groups in total. The molecule has 0 radical (unpaired) electrons. The van der Waals surface area contributed by atoms with Gasteiger partial charge in [-0.15, -0.1) is 0 Å². The second-order valence-corrected chi connectivity index (χ2v) is 8.69. The molecule has 9 heteroatoms. The largest absolute Gasteiger partial charge is 0.493 e. The monoisotopic (exact) mass is 413 g/mol. The molecule has 0 atom stereocenters. The standard InChI is InChI=1S/C19H31N3O5S/c1-4-5-6-9-20-19(23)15-21-10-12-22(13-11-21)28(24,25)16-7-8-17(26-2)18(14-16)27-3/h7-8,14H,4-6,9-13,15H2,1-3H3,(H,20,23). The van der Waals surface area contributed by atoms with Gasteiger partial charge in [0.1, 0.15) is 0 Å². The Morgan fingerprint density at radius 2 is 1.75 bits per heavy atom. The highest BCUT2D eigenvalue weighted by Gasteiger charge is 2.29. The molecule has 1 aliphatic heterocycles. The Morgan fingerprint density at radius 3 is 2.36 bits per heavy atom. The lowest BCUT2D eigenvalue weighted by Gasteiger charge is -2.33. The van der Waals surface area contributed by atoms with Crippen LogP contribution in [0.2, 0.25) is 0 Å². The molecule has 0 aliphatic carbocycles. The molecule has 1 aliphatic rings. The maximum atomic E-state index is 12.9. The van der Waals surface area contributed by atoms with Crippen LogP contribution < -0.4 is 14.8 Å². The quantitative estimate of drug-likeness (QED) is 0.582. The summed E-state index contributed by atoms with van der Waals surface area (Å²) in [4.78, 5) is 14.2. The first-order chi connectivity index (χ1) is 13.4. The fourth-order valence-electron chi connectivity index (χ4n) is 3.12. The molecule has 1 fully saturated rings. The number of carbonyl (C=O) groups excluding carboxylic acids is 1. The van der Waals surface area contributed by atoms with E-state index in [1.165, 1.54) is 30.7 Å². The lowest BCUT2D eigenvalue weighted by molar-refractivity contribution is -0.122. The summed E-state index contributed by atoms with van der Waals surface area (Å²) in [5.74, 6) is 0.852. The van der Waals surface area contributed by atoms with Gasteiger partial charge in [0, 0.05) is 38.8 Å². The van der Waals surface area contributed by atoms with Crippen molar-refractivity contribution in [1.29, 1.82) is 0 Å². The molecule has 0 saturated carbocycles. The minimum atomic E-state index is -3.62. The van der Waals surface area contributed by atoms with Crippen LogP contribution in [0.1, 0.15) is 26.2 Å². The molecule has 1 aromatic rings. The predicted octanol–water partition coefficient (Wildman–Crippen LogP) is 1.32. The molecule has 8 nitrogen and oxygen atoms in total. The first-order valence-electron chi connectivity index (χ1n) is 9.63. The molecule has 0 bridgehead atoms. The Labute approximate surface area is 167 Å². The first-order valence-corrected chi connectivity index (χ1v) is 11.1. The minimum absolute atomic E-state index is 0.00713. The van der Waals surface area contributed by atoms with Crippen molar-refractivity contribution in [3.8, 4) is 11.5 Å². The smallest absolute Gasteiger partial charge is 0.243 e. The van der Waals surface area contributed by atoms with E-state index >= 15 is 0 Å². The molecule has 1 amide bonds. The second-order valence-electron chi connectivity index (χ2n) is 6.75. The molecule has 2 rings (SSSR count). The SMILES string of the molecule is CCCCCNC(=O)CN1CCN(S(=O)(=O)c2ccc(OC)c(OC)c2)CC1. The maximum Gasteiger partial charge on any atom is 0.243 e. The maximum absolute atomic E-state index is 12.9. The number of piperazine rings is 1. The van der Waals surface area contributed by atoms with Crippen LogP contribution in [0.15, 0.2) is 23.1 Å². The second kappa shape index (κ2) is 10.6. The number of nitrogens with one attached hydrogen (secondary N) is 1. The zero-order chi connectivity index (χ0) is 20.6. The summed E-state index contributed by atoms with van der Waals surface area (Å²) in [5.41, 5.74) is 0. The van der Waals surface area contributed by atoms with Gasteiger partial charge in [-0.1, -0.05) is 19.8 Å². The number of hydrogen-bond acceptors (Lipinski definition) is 6. The van der Waals surface area contributed by atoms with Crippen molar-refractivity contribution in [2.45, 2.75) is 31.1 Å². The van der Waals surface area contributed by atoms with Crippen LogP contribution in [0, 0.1) is 0 Å². The molecule has 1 saturated heterocycles. The van der Waals surface area contributed by atoms with Gasteiger partial charge in [0.05, 0.1) is 25.7 Å². The van der Waals surface area contributed by atoms with Crippen LogP contribution in [-0.2, 0) is 14.8 Å². The molecule has 1 heterocycles. The number of benzene rings is 1. The average molecular weight is 414 g/mol. The van der Waals surface area contributed by atoms with E-state index in [1.54, 1.807) is 6.07 Å². The Bertz CT molecular complexity index is 746. The molecule has 0 unspecified atom stereocenters. The fraction of sp³-hybridized carbons (Fsp3) is 0.632. The zero-order valence-corrected chi connectivity index (χ0v) is 17.8. The van der Waals surface area contributed by atoms with Crippen LogP contribution in [0.5, 0.6) is 11.5 Å². The Kier molecular flexibility index (Phi) is 8.53. The van der Waals surface area contributed by atoms with E-state index in [4.69, 9.17) is 9.47 Å². The summed E-state index contributed by atoms with van der Waals surface area (Å²) >= 11 is 0.